The van der Waals surface area contributed by atoms with Gasteiger partial charge in [0.05, 0.1) is 40.5 Å². The van der Waals surface area contributed by atoms with Crippen LogP contribution in [0.3, 0.4) is 0 Å². The summed E-state index contributed by atoms with van der Waals surface area (Å²) in [5.41, 5.74) is 1.44. The zero-order valence-electron chi connectivity index (χ0n) is 69.4. The Morgan fingerprint density at radius 1 is 0.481 bits per heavy atom. The molecule has 0 aromatic carbocycles. The van der Waals surface area contributed by atoms with Crippen LogP contribution in [0, 0.1) is 181 Å². The van der Waals surface area contributed by atoms with E-state index in [4.69, 9.17) is 29.6 Å². The number of aliphatic hydroxyl groups excluding tert-OH is 2. The second kappa shape index (κ2) is 36.9. The van der Waals surface area contributed by atoms with Crippen molar-refractivity contribution in [2.75, 3.05) is 24.4 Å². The maximum atomic E-state index is 12.5. The summed E-state index contributed by atoms with van der Waals surface area (Å²) in [6.07, 6.45) is 43.1. The highest BCUT2D eigenvalue weighted by Crippen LogP contribution is 2.70. The Balaban J connectivity index is 0.000000191. The number of hydrogen-bond donors (Lipinski definition) is 6. The van der Waals surface area contributed by atoms with Gasteiger partial charge < -0.3 is 30.6 Å². The average molecular weight is 1610 g/mol. The van der Waals surface area contributed by atoms with Gasteiger partial charge in [-0.3, -0.25) is 9.59 Å². The zero-order chi connectivity index (χ0) is 76.4. The molecule has 0 spiro atoms. The van der Waals surface area contributed by atoms with E-state index in [0.29, 0.717) is 78.3 Å². The number of aliphatic hydroxyl groups is 6. The van der Waals surface area contributed by atoms with Crippen LogP contribution in [0.25, 0.3) is 0 Å². The summed E-state index contributed by atoms with van der Waals surface area (Å²) in [7, 11) is 1.33. The van der Waals surface area contributed by atoms with Crippen molar-refractivity contribution in [2.24, 2.45) is 181 Å². The van der Waals surface area contributed by atoms with Crippen molar-refractivity contribution in [3.05, 3.63) is 11.6 Å². The van der Waals surface area contributed by atoms with Gasteiger partial charge in [0.25, 0.3) is 0 Å². The van der Waals surface area contributed by atoms with Crippen molar-refractivity contribution < 1.29 is 40.2 Å². The summed E-state index contributed by atoms with van der Waals surface area (Å²) < 4.78 is 6.24. The summed E-state index contributed by atoms with van der Waals surface area (Å²) in [5, 5.41) is 61.0. The second-order valence-electron chi connectivity index (χ2n) is 41.5. The van der Waals surface area contributed by atoms with Crippen LogP contribution in [-0.2, 0) is 9.59 Å². The molecule has 0 aromatic rings. The normalized spacial score (nSPS) is 52.2. The van der Waals surface area contributed by atoms with E-state index in [1.807, 2.05) is 20.5 Å². The molecule has 16 aliphatic rings. The van der Waals surface area contributed by atoms with E-state index in [9.17, 15) is 35.1 Å². The first-order valence-electron chi connectivity index (χ1n) is 43.9. The van der Waals surface area contributed by atoms with Gasteiger partial charge in [0.15, 0.2) is 0 Å². The Morgan fingerprint density at radius 2 is 0.783 bits per heavy atom. The predicted octanol–water partition coefficient (Wildman–Crippen LogP) is 23.7. The number of ketones is 2. The summed E-state index contributed by atoms with van der Waals surface area (Å²) in [6, 6.07) is 0. The molecule has 16 fully saturated rings. The fourth-order valence-corrected chi connectivity index (χ4v) is 31.8. The number of alkyl halides is 3. The number of Topliss-reactive ketones (excluding diaryl/α,β-unsaturated/α-hetero) is 2. The van der Waals surface area contributed by atoms with Crippen LogP contribution in [0.1, 0.15) is 332 Å². The summed E-state index contributed by atoms with van der Waals surface area (Å²) in [5.74, 6) is 20.7. The van der Waals surface area contributed by atoms with Gasteiger partial charge in [-0.05, 0) is 424 Å². The molecule has 12 heteroatoms. The van der Waals surface area contributed by atoms with E-state index in [1.54, 1.807) is 5.57 Å². The minimum Gasteiger partial charge on any atom is -0.400 e. The van der Waals surface area contributed by atoms with Crippen molar-refractivity contribution in [2.45, 2.75) is 360 Å². The molecule has 8 nitrogen and oxygen atoms in total. The largest absolute Gasteiger partial charge is 0.400 e. The molecular weight excluding hydrogens is 1440 g/mol. The van der Waals surface area contributed by atoms with E-state index in [2.05, 4.69) is 112 Å². The van der Waals surface area contributed by atoms with Crippen molar-refractivity contribution in [1.29, 1.82) is 1.28 Å². The molecule has 0 aliphatic heterocycles. The first-order valence-corrected chi connectivity index (χ1v) is 46.6. The lowest BCUT2D eigenvalue weighted by Gasteiger charge is -2.58. The third kappa shape index (κ3) is 17.5. The van der Waals surface area contributed by atoms with Crippen LogP contribution in [0.4, 0.5) is 0 Å². The van der Waals surface area contributed by atoms with E-state index in [0.717, 1.165) is 164 Å². The molecule has 0 aromatic heterocycles. The average Bonchev–Trinajstić information content (AvgIpc) is 1.68. The standard InChI is InChI=1S/C22H35BrO2.C22H38O2.C22H36O2.C22H36O.CH2Cl2.CH4O.CH5P.3CH4/c1-13-10-17-14(11-22(13,3)25)4-5-16-15(17)8-9-21(2)18(16)6-7-19(21)20(24)12-23;2*1-13-11-18-15(12-22(13,4)24)5-6-17-16(18)9-10-21(3)19(14(2)23)7-8-20(17)21;1-5-16-7-9-20-18-8-6-15-13-22(4,23)14(2)12-19(15)17(18)10-11-21(16,20)3;2-1-3;2*1-2;;;/h13-19,25H,4-12H2,1-3H3;13-20,23-24H,5-12H2,1-4H3;13,15-20,24H,5-12H2,1-4H3;5,14-15,17-20,23H,6-13H2,1-4H3;1H2;2H,1H3;2H2,1H3;3*1H4/t13-,14-,15-,16+,17-,18-,19+,21-,22-;13-,14?,15-,16-,17+,18-,19+,20-,21+,22-;13-,15-,16-,17+,18-,19+,20-,21+,22-;14-,15-,17-,18+,19-,20-,21+,22-;;;;;;/m0000....../s1/i;;;;;;2D;;;. The van der Waals surface area contributed by atoms with Gasteiger partial charge in [-0.2, -0.15) is 0 Å². The van der Waals surface area contributed by atoms with Gasteiger partial charge in [-0.25, -0.2) is 0 Å². The van der Waals surface area contributed by atoms with Crippen molar-refractivity contribution >= 4 is 59.9 Å². The maximum Gasteiger partial charge on any atom is 0.147 e. The summed E-state index contributed by atoms with van der Waals surface area (Å²) >= 11 is 13.0. The molecule has 0 heterocycles. The van der Waals surface area contributed by atoms with E-state index in [-0.39, 0.29) is 44.6 Å². The van der Waals surface area contributed by atoms with Crippen LogP contribution in [-0.4, -0.2) is 96.4 Å². The van der Waals surface area contributed by atoms with Gasteiger partial charge in [-0.1, -0.05) is 112 Å². The van der Waals surface area contributed by atoms with Crippen LogP contribution in [0.15, 0.2) is 11.6 Å². The van der Waals surface area contributed by atoms with Gasteiger partial charge >= 0.3 is 0 Å². The van der Waals surface area contributed by atoms with E-state index >= 15 is 0 Å². The summed E-state index contributed by atoms with van der Waals surface area (Å²) in [6.45, 7) is 35.2. The molecule has 16 rings (SSSR count). The van der Waals surface area contributed by atoms with Gasteiger partial charge in [0, 0.05) is 18.9 Å². The van der Waals surface area contributed by atoms with Crippen LogP contribution < -0.4 is 0 Å². The number of fused-ring (bicyclic) bond motifs is 20. The Bertz CT molecular complexity index is 2870. The van der Waals surface area contributed by atoms with E-state index in [1.165, 1.54) is 167 Å². The molecule has 37 atom stereocenters. The quantitative estimate of drug-likeness (QED) is 0.0924. The molecule has 16 saturated carbocycles. The predicted molar refractivity (Wildman–Crippen MR) is 455 cm³/mol. The van der Waals surface area contributed by atoms with E-state index < -0.39 is 22.4 Å². The zero-order valence-corrected chi connectivity index (χ0v) is 72.5. The second-order valence-corrected chi connectivity index (χ2v) is 42.8. The van der Waals surface area contributed by atoms with Crippen molar-refractivity contribution in [3.63, 3.8) is 0 Å². The SMILES string of the molecule is C.C.C.CC(=O)[C@H]1CC[C@H]2[C@@H]3CC[C@H]4C[C@](C)(O)[C@@H](C)C[C@@H]4[C@H]3CC[C@]12C.CC(O)[C@H]1CC[C@H]2[C@@H]3CC[C@H]4C[C@](C)(O)[C@@H](C)C[C@@H]4[C@H]3CC[C@]12C.CC=C1CC[C@H]2[C@@H]3CC[C@H]4C[C@](C)(O)[C@@H](C)C[C@@H]4[C@H]3CC[C@]12C.CO.C[C@H]1C[C@H]2[C@@H](CC[C@@H]3[C@@H]2CC[C@]2(C)[C@@H](C(=O)CBr)CC[C@@H]32)C[C@]1(C)O.ClCCl.[2H]PC. The molecule has 0 amide bonds. The fourth-order valence-electron chi connectivity index (χ4n) is 31.4. The molecule has 106 heavy (non-hydrogen) atoms. The fraction of sp³-hybridized carbons (Fsp3) is 0.957. The molecule has 0 bridgehead atoms. The van der Waals surface area contributed by atoms with Crippen LogP contribution in [0.2, 0.25) is 0 Å². The molecule has 16 aliphatic carbocycles. The number of rotatable bonds is 4. The first-order chi connectivity index (χ1) is 48.9. The van der Waals surface area contributed by atoms with Crippen LogP contribution >= 0.6 is 48.3 Å². The molecule has 6 N–H and O–H groups in total. The lowest BCUT2D eigenvalue weighted by Crippen LogP contribution is -2.53. The number of hydrogen-bond acceptors (Lipinski definition) is 8. The Kier molecular flexibility index (Phi) is 32.0. The van der Waals surface area contributed by atoms with Gasteiger partial charge in [0.2, 0.25) is 0 Å². The monoisotopic (exact) mass is 1610 g/mol. The third-order valence-corrected chi connectivity index (χ3v) is 37.9. The first kappa shape index (κ1) is 91.8. The molecule has 0 saturated heterocycles. The Labute approximate surface area is 674 Å². The highest BCUT2D eigenvalue weighted by atomic mass is 79.9. The highest BCUT2D eigenvalue weighted by Gasteiger charge is 2.64. The van der Waals surface area contributed by atoms with Crippen LogP contribution in [0.5, 0.6) is 0 Å². The molecule has 0 radical (unpaired) electrons. The number of allylic oxidation sites excluding steroid dienone is 2. The van der Waals surface area contributed by atoms with Gasteiger partial charge in [0.1, 0.15) is 11.6 Å². The molecule has 2 unspecified atom stereocenters. The molecular formula is C94H168BrCl2O8P. The Hall–Kier alpha value is 0.330. The number of carbonyl (C=O) groups excluding carboxylic acids is 2. The van der Waals surface area contributed by atoms with Gasteiger partial charge in [-0.15, -0.1) is 32.4 Å². The summed E-state index contributed by atoms with van der Waals surface area (Å²) in [4.78, 5) is 24.7. The number of halogens is 3. The smallest absolute Gasteiger partial charge is 0.147 e. The van der Waals surface area contributed by atoms with Crippen molar-refractivity contribution in [3.8, 4) is 0 Å². The third-order valence-electron chi connectivity index (χ3n) is 37.4. The Morgan fingerprint density at radius 3 is 1.11 bits per heavy atom. The minimum atomic E-state index is -0.460. The number of carbonyl (C=O) groups is 2. The minimum absolute atomic E-state index is 0. The molecule has 618 valence electrons. The van der Waals surface area contributed by atoms with Crippen molar-refractivity contribution in [1.82, 2.24) is 0 Å². The topological polar surface area (TPSA) is 156 Å². The maximum absolute atomic E-state index is 12.5. The lowest BCUT2D eigenvalue weighted by molar-refractivity contribution is -0.135. The highest BCUT2D eigenvalue weighted by molar-refractivity contribution is 9.09. The lowest BCUT2D eigenvalue weighted by atomic mass is 9.48.